The molecule has 1 N–H and O–H groups in total. The Morgan fingerprint density at radius 1 is 1.22 bits per heavy atom. The lowest BCUT2D eigenvalue weighted by molar-refractivity contribution is 0.317. The lowest BCUT2D eigenvalue weighted by Gasteiger charge is -2.16. The first-order valence-electron chi connectivity index (χ1n) is 7.07. The van der Waals surface area contributed by atoms with Gasteiger partial charge in [0.15, 0.2) is 0 Å². The Balaban J connectivity index is 2.41. The molecule has 2 nitrogen and oxygen atoms in total. The van der Waals surface area contributed by atoms with Crippen LogP contribution in [0.2, 0.25) is 0 Å². The van der Waals surface area contributed by atoms with Crippen LogP contribution in [0.1, 0.15) is 46.1 Å². The minimum Gasteiger partial charge on any atom is -0.494 e. The maximum Gasteiger partial charge on any atom is 0.119 e. The molecule has 102 valence electrons. The van der Waals surface area contributed by atoms with Crippen LogP contribution >= 0.6 is 0 Å². The maximum atomic E-state index is 5.64. The molecule has 0 aliphatic carbocycles. The van der Waals surface area contributed by atoms with E-state index in [4.69, 9.17) is 4.74 Å². The summed E-state index contributed by atoms with van der Waals surface area (Å²) >= 11 is 0. The fourth-order valence-electron chi connectivity index (χ4n) is 2.05. The highest BCUT2D eigenvalue weighted by Crippen LogP contribution is 2.14. The Morgan fingerprint density at radius 3 is 2.67 bits per heavy atom. The molecule has 1 atom stereocenters. The zero-order valence-electron chi connectivity index (χ0n) is 12.2. The average Bonchev–Trinajstić information content (AvgIpc) is 2.33. The van der Waals surface area contributed by atoms with Gasteiger partial charge in [-0.1, -0.05) is 32.9 Å². The van der Waals surface area contributed by atoms with Crippen LogP contribution in [-0.2, 0) is 6.54 Å². The lowest BCUT2D eigenvalue weighted by Crippen LogP contribution is -2.26. The van der Waals surface area contributed by atoms with Gasteiger partial charge in [-0.2, -0.15) is 0 Å². The molecular formula is C16H27NO. The van der Waals surface area contributed by atoms with E-state index in [1.807, 2.05) is 6.07 Å². The van der Waals surface area contributed by atoms with Crippen LogP contribution in [0.5, 0.6) is 5.75 Å². The predicted molar refractivity (Wildman–Crippen MR) is 78.0 cm³/mol. The molecule has 0 amide bonds. The molecule has 0 aliphatic heterocycles. The summed E-state index contributed by atoms with van der Waals surface area (Å²) in [6, 6.07) is 8.93. The van der Waals surface area contributed by atoms with Gasteiger partial charge >= 0.3 is 0 Å². The summed E-state index contributed by atoms with van der Waals surface area (Å²) in [5.74, 6) is 1.72. The van der Waals surface area contributed by atoms with Gasteiger partial charge in [0.2, 0.25) is 0 Å². The Hall–Kier alpha value is -1.02. The Morgan fingerprint density at radius 2 is 2.00 bits per heavy atom. The molecule has 0 bridgehead atoms. The third-order valence-electron chi connectivity index (χ3n) is 2.85. The van der Waals surface area contributed by atoms with Gasteiger partial charge in [-0.25, -0.2) is 0 Å². The van der Waals surface area contributed by atoms with Gasteiger partial charge in [0.1, 0.15) is 5.75 Å². The molecular weight excluding hydrogens is 222 g/mol. The molecule has 0 aromatic heterocycles. The molecule has 1 aromatic carbocycles. The molecule has 0 spiro atoms. The second-order valence-corrected chi connectivity index (χ2v) is 5.41. The van der Waals surface area contributed by atoms with Gasteiger partial charge in [0.25, 0.3) is 0 Å². The van der Waals surface area contributed by atoms with Crippen molar-refractivity contribution in [2.45, 2.75) is 53.1 Å². The van der Waals surface area contributed by atoms with Crippen molar-refractivity contribution in [2.24, 2.45) is 5.92 Å². The standard InChI is InChI=1S/C16H27NO/c1-5-9-18-16-8-6-7-15(11-16)12-17-14(4)10-13(2)3/h6-8,11,13-14,17H,5,9-10,12H2,1-4H3. The largest absolute Gasteiger partial charge is 0.494 e. The summed E-state index contributed by atoms with van der Waals surface area (Å²) in [6.45, 7) is 10.6. The quantitative estimate of drug-likeness (QED) is 0.752. The second-order valence-electron chi connectivity index (χ2n) is 5.41. The van der Waals surface area contributed by atoms with E-state index in [1.54, 1.807) is 0 Å². The normalized spacial score (nSPS) is 12.7. The Kier molecular flexibility index (Phi) is 6.81. The first-order chi connectivity index (χ1) is 8.61. The van der Waals surface area contributed by atoms with Crippen LogP contribution in [0.15, 0.2) is 24.3 Å². The third kappa shape index (κ3) is 6.06. The fraction of sp³-hybridized carbons (Fsp3) is 0.625. The fourth-order valence-corrected chi connectivity index (χ4v) is 2.05. The van der Waals surface area contributed by atoms with Crippen LogP contribution in [-0.4, -0.2) is 12.6 Å². The second kappa shape index (κ2) is 8.15. The SMILES string of the molecule is CCCOc1cccc(CNC(C)CC(C)C)c1. The smallest absolute Gasteiger partial charge is 0.119 e. The van der Waals surface area contributed by atoms with Crippen molar-refractivity contribution < 1.29 is 4.74 Å². The molecule has 0 saturated carbocycles. The highest BCUT2D eigenvalue weighted by Gasteiger charge is 2.04. The Labute approximate surface area is 112 Å². The number of ether oxygens (including phenoxy) is 1. The van der Waals surface area contributed by atoms with Crippen molar-refractivity contribution in [2.75, 3.05) is 6.61 Å². The van der Waals surface area contributed by atoms with Crippen LogP contribution in [0, 0.1) is 5.92 Å². The summed E-state index contributed by atoms with van der Waals surface area (Å²) in [6.07, 6.45) is 2.26. The van der Waals surface area contributed by atoms with Gasteiger partial charge < -0.3 is 10.1 Å². The van der Waals surface area contributed by atoms with Crippen molar-refractivity contribution in [3.05, 3.63) is 29.8 Å². The van der Waals surface area contributed by atoms with Crippen molar-refractivity contribution in [1.29, 1.82) is 0 Å². The molecule has 1 aromatic rings. The van der Waals surface area contributed by atoms with Crippen molar-refractivity contribution >= 4 is 0 Å². The maximum absolute atomic E-state index is 5.64. The molecule has 1 unspecified atom stereocenters. The van der Waals surface area contributed by atoms with Crippen LogP contribution < -0.4 is 10.1 Å². The average molecular weight is 249 g/mol. The van der Waals surface area contributed by atoms with E-state index < -0.39 is 0 Å². The molecule has 0 aliphatic rings. The van der Waals surface area contributed by atoms with E-state index in [2.05, 4.69) is 51.2 Å². The first-order valence-corrected chi connectivity index (χ1v) is 7.07. The molecule has 0 heterocycles. The highest BCUT2D eigenvalue weighted by molar-refractivity contribution is 5.28. The first kappa shape index (κ1) is 15.0. The topological polar surface area (TPSA) is 21.3 Å². The van der Waals surface area contributed by atoms with Crippen LogP contribution in [0.4, 0.5) is 0 Å². The minimum absolute atomic E-state index is 0.560. The predicted octanol–water partition coefficient (Wildman–Crippen LogP) is 4.00. The van der Waals surface area contributed by atoms with Gasteiger partial charge in [-0.3, -0.25) is 0 Å². The number of hydrogen-bond donors (Lipinski definition) is 1. The lowest BCUT2D eigenvalue weighted by atomic mass is 10.1. The molecule has 0 fully saturated rings. The van der Waals surface area contributed by atoms with E-state index >= 15 is 0 Å². The molecule has 0 radical (unpaired) electrons. The third-order valence-corrected chi connectivity index (χ3v) is 2.85. The minimum atomic E-state index is 0.560. The Bertz CT molecular complexity index is 336. The molecule has 1 rings (SSSR count). The summed E-state index contributed by atoms with van der Waals surface area (Å²) in [7, 11) is 0. The van der Waals surface area contributed by atoms with Gasteiger partial charge in [0.05, 0.1) is 6.61 Å². The van der Waals surface area contributed by atoms with E-state index in [1.165, 1.54) is 12.0 Å². The monoisotopic (exact) mass is 249 g/mol. The zero-order chi connectivity index (χ0) is 13.4. The van der Waals surface area contributed by atoms with E-state index in [9.17, 15) is 0 Å². The summed E-state index contributed by atoms with van der Waals surface area (Å²) < 4.78 is 5.64. The van der Waals surface area contributed by atoms with E-state index in [-0.39, 0.29) is 0 Å². The zero-order valence-corrected chi connectivity index (χ0v) is 12.2. The summed E-state index contributed by atoms with van der Waals surface area (Å²) in [4.78, 5) is 0. The van der Waals surface area contributed by atoms with Crippen LogP contribution in [0.3, 0.4) is 0 Å². The van der Waals surface area contributed by atoms with Gasteiger partial charge in [-0.05, 0) is 43.4 Å². The van der Waals surface area contributed by atoms with Crippen molar-refractivity contribution in [1.82, 2.24) is 5.32 Å². The van der Waals surface area contributed by atoms with Gasteiger partial charge in [-0.15, -0.1) is 0 Å². The van der Waals surface area contributed by atoms with Crippen LogP contribution in [0.25, 0.3) is 0 Å². The number of rotatable bonds is 8. The number of benzene rings is 1. The van der Waals surface area contributed by atoms with Crippen molar-refractivity contribution in [3.63, 3.8) is 0 Å². The number of hydrogen-bond acceptors (Lipinski definition) is 2. The highest BCUT2D eigenvalue weighted by atomic mass is 16.5. The summed E-state index contributed by atoms with van der Waals surface area (Å²) in [5.41, 5.74) is 1.29. The molecule has 0 saturated heterocycles. The molecule has 18 heavy (non-hydrogen) atoms. The van der Waals surface area contributed by atoms with E-state index in [0.717, 1.165) is 31.2 Å². The van der Waals surface area contributed by atoms with E-state index in [0.29, 0.717) is 6.04 Å². The molecule has 2 heteroatoms. The number of nitrogens with one attached hydrogen (secondary N) is 1. The van der Waals surface area contributed by atoms with Gasteiger partial charge in [0, 0.05) is 12.6 Å². The summed E-state index contributed by atoms with van der Waals surface area (Å²) in [5, 5.41) is 3.56. The van der Waals surface area contributed by atoms with Crippen molar-refractivity contribution in [3.8, 4) is 5.75 Å².